The Hall–Kier alpha value is -7.59. The molecule has 6 aromatic carbocycles. The summed E-state index contributed by atoms with van der Waals surface area (Å²) in [7, 11) is -4.89. The van der Waals surface area contributed by atoms with Crippen LogP contribution in [0.4, 0.5) is 17.1 Å². The number of nitrogens with zero attached hydrogens (tertiary/aromatic N) is 1. The summed E-state index contributed by atoms with van der Waals surface area (Å²) in [5, 5.41) is 7.39. The molecule has 5 N–H and O–H groups in total. The molecule has 0 saturated heterocycles. The number of nitrogens with one attached hydrogen (secondary N) is 3. The van der Waals surface area contributed by atoms with E-state index in [9.17, 15) is 22.8 Å². The summed E-state index contributed by atoms with van der Waals surface area (Å²) in [6.07, 6.45) is 4.48. The van der Waals surface area contributed by atoms with Gasteiger partial charge in [-0.25, -0.2) is 8.42 Å². The lowest BCUT2D eigenvalue weighted by Crippen LogP contribution is -2.41. The Kier molecular flexibility index (Phi) is 15.3. The number of nitrogens with two attached hydrogens (primary N) is 1. The van der Waals surface area contributed by atoms with Gasteiger partial charge in [-0.2, -0.15) is 0 Å². The van der Waals surface area contributed by atoms with Gasteiger partial charge in [0, 0.05) is 46.0 Å². The van der Waals surface area contributed by atoms with Crippen molar-refractivity contribution in [1.82, 2.24) is 9.97 Å². The van der Waals surface area contributed by atoms with Gasteiger partial charge in [-0.15, -0.1) is 0 Å². The molecule has 376 valence electrons. The van der Waals surface area contributed by atoms with Crippen molar-refractivity contribution in [3.05, 3.63) is 189 Å². The summed E-state index contributed by atoms with van der Waals surface area (Å²) in [5.74, 6) is -0.0357. The fourth-order valence-electron chi connectivity index (χ4n) is 8.52. The lowest BCUT2D eigenvalue weighted by atomic mass is 9.97. The molecule has 8 rings (SSSR count). The first-order chi connectivity index (χ1) is 34.8. The van der Waals surface area contributed by atoms with E-state index >= 15 is 0 Å². The number of hydrogen-bond acceptors (Lipinski definition) is 10. The minimum atomic E-state index is -4.19. The minimum Gasteiger partial charge on any atom is -0.497 e. The van der Waals surface area contributed by atoms with Crippen molar-refractivity contribution in [3.63, 3.8) is 0 Å². The number of hydrogen-bond donors (Lipinski definition) is 4. The van der Waals surface area contributed by atoms with Gasteiger partial charge < -0.3 is 35.3 Å². The number of aromatic nitrogens is 2. The lowest BCUT2D eigenvalue weighted by Gasteiger charge is -2.39. The number of amides is 2. The molecule has 0 radical (unpaired) electrons. The predicted octanol–water partition coefficient (Wildman–Crippen LogP) is 12.4. The number of fused-ring (bicyclic) bond motifs is 2. The van der Waals surface area contributed by atoms with E-state index in [4.69, 9.17) is 19.6 Å². The van der Waals surface area contributed by atoms with Crippen LogP contribution >= 0.6 is 0 Å². The average molecular weight is 1020 g/mol. The molecule has 0 spiro atoms. The predicted molar refractivity (Wildman–Crippen MR) is 291 cm³/mol. The van der Waals surface area contributed by atoms with Crippen molar-refractivity contribution in [3.8, 4) is 11.5 Å². The summed E-state index contributed by atoms with van der Waals surface area (Å²) in [6, 6.07) is 40.9. The number of benzene rings is 6. The number of aromatic amines is 1. The number of rotatable bonds is 19. The van der Waals surface area contributed by atoms with E-state index < -0.39 is 30.0 Å². The Morgan fingerprint density at radius 2 is 1.55 bits per heavy atom. The van der Waals surface area contributed by atoms with Crippen molar-refractivity contribution >= 4 is 68.8 Å². The van der Waals surface area contributed by atoms with Crippen molar-refractivity contribution in [2.75, 3.05) is 17.7 Å². The number of H-pyrrole nitrogens is 1. The zero-order valence-electron chi connectivity index (χ0n) is 42.2. The second-order valence-corrected chi connectivity index (χ2v) is 26.4. The van der Waals surface area contributed by atoms with Crippen molar-refractivity contribution in [2.45, 2.75) is 94.0 Å². The number of sulfone groups is 1. The molecule has 0 aliphatic rings. The lowest BCUT2D eigenvalue weighted by molar-refractivity contribution is 0.0998. The van der Waals surface area contributed by atoms with Gasteiger partial charge in [-0.3, -0.25) is 19.4 Å². The Balaban J connectivity index is 0.947. The summed E-state index contributed by atoms with van der Waals surface area (Å²) in [4.78, 5) is 46.3. The maximum absolute atomic E-state index is 14.3. The highest BCUT2D eigenvalue weighted by molar-refractivity contribution is 7.91. The Morgan fingerprint density at radius 1 is 0.795 bits per heavy atom. The summed E-state index contributed by atoms with van der Waals surface area (Å²) < 4.78 is 47.4. The quantitative estimate of drug-likeness (QED) is 0.0448. The molecule has 0 fully saturated rings. The highest BCUT2D eigenvalue weighted by Crippen LogP contribution is 2.43. The summed E-state index contributed by atoms with van der Waals surface area (Å²) >= 11 is 0. The molecule has 0 unspecified atom stereocenters. The third-order valence-corrected chi connectivity index (χ3v) is 19.8. The Morgan fingerprint density at radius 3 is 2.27 bits per heavy atom. The van der Waals surface area contributed by atoms with Gasteiger partial charge >= 0.3 is 0 Å². The molecule has 73 heavy (non-hydrogen) atoms. The van der Waals surface area contributed by atoms with Crippen LogP contribution in [0.1, 0.15) is 89.1 Å². The molecular formula is C58H61N5O8SSi. The van der Waals surface area contributed by atoms with Crippen LogP contribution in [0.5, 0.6) is 11.5 Å². The molecule has 0 saturated carbocycles. The van der Waals surface area contributed by atoms with E-state index in [1.165, 1.54) is 36.5 Å². The number of anilines is 3. The second kappa shape index (κ2) is 21.6. The molecule has 0 aliphatic carbocycles. The number of carbonyl (C=O) groups is 2. The minimum absolute atomic E-state index is 0.0243. The zero-order valence-corrected chi connectivity index (χ0v) is 44.0. The normalized spacial score (nSPS) is 12.4. The number of carbonyl (C=O) groups excluding carboxylic acids is 2. The molecule has 0 bridgehead atoms. The molecule has 2 heterocycles. The molecule has 13 nitrogen and oxygen atoms in total. The van der Waals surface area contributed by atoms with Gasteiger partial charge in [-0.1, -0.05) is 87.9 Å². The average Bonchev–Trinajstić information content (AvgIpc) is 3.37. The first-order valence-electron chi connectivity index (χ1n) is 24.2. The first kappa shape index (κ1) is 51.8. The third-order valence-electron chi connectivity index (χ3n) is 13.6. The van der Waals surface area contributed by atoms with Crippen molar-refractivity contribution < 1.29 is 31.9 Å². The number of aryl methyl sites for hydroxylation is 2. The number of pyridine rings is 2. The van der Waals surface area contributed by atoms with E-state index in [1.54, 1.807) is 50.4 Å². The van der Waals surface area contributed by atoms with Crippen LogP contribution in [0, 0.1) is 6.92 Å². The molecule has 8 aromatic rings. The third kappa shape index (κ3) is 11.9. The number of primary amides is 1. The maximum Gasteiger partial charge on any atom is 0.255 e. The van der Waals surface area contributed by atoms with Crippen LogP contribution in [0.15, 0.2) is 160 Å². The summed E-state index contributed by atoms with van der Waals surface area (Å²) in [5.41, 5.74) is 12.1. The highest BCUT2D eigenvalue weighted by Gasteiger charge is 2.40. The maximum atomic E-state index is 14.3. The molecule has 15 heteroatoms. The summed E-state index contributed by atoms with van der Waals surface area (Å²) in [6.45, 7) is 13.3. The van der Waals surface area contributed by atoms with Crippen LogP contribution < -0.4 is 31.4 Å². The van der Waals surface area contributed by atoms with Gasteiger partial charge in [0.05, 0.1) is 45.3 Å². The molecule has 1 atom stereocenters. The zero-order chi connectivity index (χ0) is 52.1. The smallest absolute Gasteiger partial charge is 0.255 e. The van der Waals surface area contributed by atoms with E-state index in [1.807, 2.05) is 66.7 Å². The monoisotopic (exact) mass is 1020 g/mol. The molecule has 0 aliphatic heterocycles. The van der Waals surface area contributed by atoms with E-state index in [0.29, 0.717) is 57.2 Å². The van der Waals surface area contributed by atoms with Crippen LogP contribution in [0.25, 0.3) is 21.8 Å². The molecule has 2 amide bonds. The fourth-order valence-corrected chi connectivity index (χ4v) is 11.2. The molecule has 2 aromatic heterocycles. The molecular weight excluding hydrogens is 955 g/mol. The number of unbranched alkanes of at least 4 members (excludes halogenated alkanes) is 1. The van der Waals surface area contributed by atoms with E-state index in [2.05, 4.69) is 60.5 Å². The van der Waals surface area contributed by atoms with Gasteiger partial charge in [-0.05, 0) is 133 Å². The van der Waals surface area contributed by atoms with Gasteiger partial charge in [0.15, 0.2) is 8.32 Å². The first-order valence-corrected chi connectivity index (χ1v) is 28.6. The standard InChI is InChI=1S/C58H61N5O8SSi/c1-37-31-45(34-48-53(37)60-35-49(56(59)65)54(48)61-42-19-14-20-43(33-42)69-5)72(67,68)44-21-13-18-40(32-44)57(66)62-41-25-23-38(24-26-41)15-11-12-22-50(71-73(6,7)58(2,3)4)46-27-29-51(55-47(46)28-30-52(64)63-55)70-36-39-16-9-8-10-17-39/h8-10,13-14,16-21,23-35,50H,11-12,15,22,36H2,1-7H3,(H2,59,65)(H,60,61)(H,62,66)(H,63,64)/t50-/m0/s1. The SMILES string of the molecule is COc1cccc(Nc2c(C(N)=O)cnc3c(C)cc(S(=O)(=O)c4cccc(C(=O)Nc5ccc(CCCC[C@H](O[Si](C)(C)C(C)(C)C)c6ccc(OCc7ccccc7)c7[nH]c(=O)ccc67)cc5)c4)cc23)c1. The van der Waals surface area contributed by atoms with Crippen molar-refractivity contribution in [2.24, 2.45) is 5.73 Å². The van der Waals surface area contributed by atoms with Crippen LogP contribution in [0.3, 0.4) is 0 Å². The van der Waals surface area contributed by atoms with Crippen LogP contribution in [0.2, 0.25) is 18.1 Å². The van der Waals surface area contributed by atoms with Gasteiger partial charge in [0.2, 0.25) is 15.4 Å². The van der Waals surface area contributed by atoms with Gasteiger partial charge in [0.25, 0.3) is 11.8 Å². The Bertz CT molecular complexity index is 3500. The van der Waals surface area contributed by atoms with Crippen LogP contribution in [-0.2, 0) is 27.3 Å². The van der Waals surface area contributed by atoms with E-state index in [-0.39, 0.29) is 37.6 Å². The van der Waals surface area contributed by atoms with Crippen LogP contribution in [-0.4, -0.2) is 45.6 Å². The van der Waals surface area contributed by atoms with Gasteiger partial charge in [0.1, 0.15) is 18.1 Å². The Labute approximate surface area is 427 Å². The number of ether oxygens (including phenoxy) is 2. The fraction of sp³-hybridized carbons (Fsp3) is 0.241. The van der Waals surface area contributed by atoms with E-state index in [0.717, 1.165) is 47.8 Å². The highest BCUT2D eigenvalue weighted by atomic mass is 32.2. The second-order valence-electron chi connectivity index (χ2n) is 19.7. The number of methoxy groups -OCH3 is 1. The van der Waals surface area contributed by atoms with Crippen molar-refractivity contribution in [1.29, 1.82) is 0 Å². The topological polar surface area (TPSA) is 192 Å². The largest absolute Gasteiger partial charge is 0.497 e.